The number of piperazine rings is 1. The zero-order valence-electron chi connectivity index (χ0n) is 17.6. The number of hydrogen-bond acceptors (Lipinski definition) is 6. The van der Waals surface area contributed by atoms with Crippen molar-refractivity contribution in [3.8, 4) is 0 Å². The largest absolute Gasteiger partial charge is 0.377 e. The molecule has 9 heteroatoms. The molecule has 2 saturated heterocycles. The molecule has 168 valence electrons. The number of amides is 1. The van der Waals surface area contributed by atoms with Crippen molar-refractivity contribution < 1.29 is 17.9 Å². The Kier molecular flexibility index (Phi) is 7.39. The number of rotatable bonds is 8. The van der Waals surface area contributed by atoms with Gasteiger partial charge in [0.15, 0.2) is 0 Å². The van der Waals surface area contributed by atoms with Gasteiger partial charge in [-0.1, -0.05) is 24.3 Å². The molecule has 1 aromatic carbocycles. The molecule has 0 unspecified atom stereocenters. The molecule has 2 aliphatic heterocycles. The number of carbonyl (C=O) groups is 1. The predicted octanol–water partition coefficient (Wildman–Crippen LogP) is 2.26. The zero-order valence-corrected chi connectivity index (χ0v) is 19.2. The molecule has 1 amide bonds. The van der Waals surface area contributed by atoms with E-state index in [9.17, 15) is 13.2 Å². The van der Waals surface area contributed by atoms with Crippen molar-refractivity contribution in [2.45, 2.75) is 30.4 Å². The Labute approximate surface area is 188 Å². The number of sulfonamides is 1. The summed E-state index contributed by atoms with van der Waals surface area (Å²) in [7, 11) is -3.51. The van der Waals surface area contributed by atoms with Gasteiger partial charge in [0, 0.05) is 50.8 Å². The molecule has 3 heterocycles. The number of ether oxygens (including phenoxy) is 1. The van der Waals surface area contributed by atoms with E-state index < -0.39 is 10.0 Å². The lowest BCUT2D eigenvalue weighted by Crippen LogP contribution is -2.52. The van der Waals surface area contributed by atoms with Gasteiger partial charge in [0.2, 0.25) is 15.9 Å². The molecule has 2 aliphatic rings. The van der Waals surface area contributed by atoms with Crippen LogP contribution in [0.25, 0.3) is 0 Å². The Bertz CT molecular complexity index is 936. The van der Waals surface area contributed by atoms with Crippen LogP contribution in [0.15, 0.2) is 52.7 Å². The van der Waals surface area contributed by atoms with E-state index in [1.165, 1.54) is 9.18 Å². The average molecular weight is 464 g/mol. The molecule has 1 aromatic heterocycles. The molecular weight excluding hydrogens is 434 g/mol. The molecule has 0 radical (unpaired) electrons. The molecule has 0 spiro atoms. The van der Waals surface area contributed by atoms with Crippen molar-refractivity contribution in [1.82, 2.24) is 14.1 Å². The SMILES string of the molecule is O=C(CN(Cc1cccs1)C[C@@H]1CCCO1)N1CCN(S(=O)(=O)c2ccccc2)CC1. The van der Waals surface area contributed by atoms with Crippen molar-refractivity contribution in [2.24, 2.45) is 0 Å². The second kappa shape index (κ2) is 10.2. The topological polar surface area (TPSA) is 70.2 Å². The maximum atomic E-state index is 13.0. The van der Waals surface area contributed by atoms with E-state index in [2.05, 4.69) is 11.0 Å². The first-order valence-corrected chi connectivity index (χ1v) is 13.0. The van der Waals surface area contributed by atoms with E-state index in [1.807, 2.05) is 11.4 Å². The molecule has 4 rings (SSSR count). The van der Waals surface area contributed by atoms with Crippen LogP contribution in [0.2, 0.25) is 0 Å². The molecule has 7 nitrogen and oxygen atoms in total. The van der Waals surface area contributed by atoms with Gasteiger partial charge in [-0.25, -0.2) is 8.42 Å². The van der Waals surface area contributed by atoms with E-state index in [0.29, 0.717) is 37.6 Å². The standard InChI is InChI=1S/C22H29N3O4S2/c26-22(18-23(16-19-6-4-14-29-19)17-20-7-5-15-30-20)24-10-12-25(13-11-24)31(27,28)21-8-2-1-3-9-21/h1-3,5,7-9,15,19H,4,6,10-14,16-18H2/t19-/m0/s1. The van der Waals surface area contributed by atoms with Crippen LogP contribution in [-0.2, 0) is 26.1 Å². The van der Waals surface area contributed by atoms with Gasteiger partial charge < -0.3 is 9.64 Å². The first kappa shape index (κ1) is 22.4. The third-order valence-electron chi connectivity index (χ3n) is 5.78. The molecule has 0 saturated carbocycles. The van der Waals surface area contributed by atoms with Gasteiger partial charge in [-0.05, 0) is 36.4 Å². The quantitative estimate of drug-likeness (QED) is 0.601. The van der Waals surface area contributed by atoms with Crippen molar-refractivity contribution in [2.75, 3.05) is 45.9 Å². The summed E-state index contributed by atoms with van der Waals surface area (Å²) < 4.78 is 32.9. The summed E-state index contributed by atoms with van der Waals surface area (Å²) in [6.45, 7) is 4.05. The number of hydrogen-bond donors (Lipinski definition) is 0. The maximum Gasteiger partial charge on any atom is 0.243 e. The first-order chi connectivity index (χ1) is 15.0. The predicted molar refractivity (Wildman–Crippen MR) is 120 cm³/mol. The second-order valence-corrected chi connectivity index (χ2v) is 11.0. The van der Waals surface area contributed by atoms with E-state index in [4.69, 9.17) is 4.74 Å². The highest BCUT2D eigenvalue weighted by Gasteiger charge is 2.31. The van der Waals surface area contributed by atoms with Gasteiger partial charge in [0.05, 0.1) is 17.5 Å². The average Bonchev–Trinajstić information content (AvgIpc) is 3.49. The Morgan fingerprint density at radius 2 is 1.87 bits per heavy atom. The number of thiophene rings is 1. The van der Waals surface area contributed by atoms with Crippen LogP contribution in [0, 0.1) is 0 Å². The van der Waals surface area contributed by atoms with Gasteiger partial charge in [-0.2, -0.15) is 4.31 Å². The van der Waals surface area contributed by atoms with Crippen molar-refractivity contribution >= 4 is 27.3 Å². The third-order valence-corrected chi connectivity index (χ3v) is 8.55. The highest BCUT2D eigenvalue weighted by molar-refractivity contribution is 7.89. The lowest BCUT2D eigenvalue weighted by atomic mass is 10.2. The smallest absolute Gasteiger partial charge is 0.243 e. The van der Waals surface area contributed by atoms with Crippen LogP contribution >= 0.6 is 11.3 Å². The Balaban J connectivity index is 1.34. The van der Waals surface area contributed by atoms with Gasteiger partial charge in [-0.15, -0.1) is 11.3 Å². The fourth-order valence-corrected chi connectivity index (χ4v) is 6.28. The fourth-order valence-electron chi connectivity index (χ4n) is 4.09. The van der Waals surface area contributed by atoms with E-state index >= 15 is 0 Å². The third kappa shape index (κ3) is 5.72. The maximum absolute atomic E-state index is 13.0. The van der Waals surface area contributed by atoms with E-state index in [1.54, 1.807) is 46.6 Å². The van der Waals surface area contributed by atoms with Gasteiger partial charge in [0.25, 0.3) is 0 Å². The van der Waals surface area contributed by atoms with Crippen LogP contribution in [0.3, 0.4) is 0 Å². The van der Waals surface area contributed by atoms with Crippen LogP contribution in [0.4, 0.5) is 0 Å². The Hall–Kier alpha value is -1.78. The first-order valence-electron chi connectivity index (χ1n) is 10.7. The highest BCUT2D eigenvalue weighted by Crippen LogP contribution is 2.19. The van der Waals surface area contributed by atoms with E-state index in [0.717, 1.165) is 32.5 Å². The van der Waals surface area contributed by atoms with E-state index in [-0.39, 0.29) is 12.0 Å². The van der Waals surface area contributed by atoms with Gasteiger partial charge >= 0.3 is 0 Å². The molecule has 31 heavy (non-hydrogen) atoms. The zero-order chi connectivity index (χ0) is 21.7. The summed E-state index contributed by atoms with van der Waals surface area (Å²) in [4.78, 5) is 18.5. The van der Waals surface area contributed by atoms with Crippen LogP contribution in [0.5, 0.6) is 0 Å². The highest BCUT2D eigenvalue weighted by atomic mass is 32.2. The normalized spacial score (nSPS) is 20.4. The minimum absolute atomic E-state index is 0.0475. The van der Waals surface area contributed by atoms with Crippen LogP contribution < -0.4 is 0 Å². The number of nitrogens with zero attached hydrogens (tertiary/aromatic N) is 3. The van der Waals surface area contributed by atoms with Crippen molar-refractivity contribution in [3.05, 3.63) is 52.7 Å². The summed E-state index contributed by atoms with van der Waals surface area (Å²) in [5.41, 5.74) is 0. The van der Waals surface area contributed by atoms with Gasteiger partial charge in [-0.3, -0.25) is 9.69 Å². The van der Waals surface area contributed by atoms with Gasteiger partial charge in [0.1, 0.15) is 0 Å². The second-order valence-electron chi connectivity index (χ2n) is 7.98. The lowest BCUT2D eigenvalue weighted by molar-refractivity contribution is -0.134. The Morgan fingerprint density at radius 3 is 2.52 bits per heavy atom. The number of benzene rings is 1. The minimum Gasteiger partial charge on any atom is -0.377 e. The minimum atomic E-state index is -3.51. The molecule has 0 bridgehead atoms. The lowest BCUT2D eigenvalue weighted by Gasteiger charge is -2.35. The molecule has 1 atom stereocenters. The Morgan fingerprint density at radius 1 is 1.10 bits per heavy atom. The number of carbonyl (C=O) groups excluding carboxylic acids is 1. The van der Waals surface area contributed by atoms with Crippen LogP contribution in [-0.4, -0.2) is 80.4 Å². The summed E-state index contributed by atoms with van der Waals surface area (Å²) in [6.07, 6.45) is 2.29. The summed E-state index contributed by atoms with van der Waals surface area (Å²) >= 11 is 1.69. The molecule has 2 aromatic rings. The van der Waals surface area contributed by atoms with Crippen molar-refractivity contribution in [3.63, 3.8) is 0 Å². The molecule has 2 fully saturated rings. The monoisotopic (exact) mass is 463 g/mol. The fraction of sp³-hybridized carbons (Fsp3) is 0.500. The molecule has 0 N–H and O–H groups in total. The summed E-state index contributed by atoms with van der Waals surface area (Å²) in [6, 6.07) is 12.6. The molecule has 0 aliphatic carbocycles. The van der Waals surface area contributed by atoms with Crippen molar-refractivity contribution in [1.29, 1.82) is 0 Å². The van der Waals surface area contributed by atoms with Crippen LogP contribution in [0.1, 0.15) is 17.7 Å². The molecular formula is C22H29N3O4S2. The summed E-state index contributed by atoms with van der Waals surface area (Å²) in [5.74, 6) is 0.0475. The summed E-state index contributed by atoms with van der Waals surface area (Å²) in [5, 5.41) is 2.05.